The summed E-state index contributed by atoms with van der Waals surface area (Å²) in [5.41, 5.74) is 1.27. The topological polar surface area (TPSA) is 45.8 Å². The van der Waals surface area contributed by atoms with Crippen LogP contribution in [-0.4, -0.2) is 20.4 Å². The van der Waals surface area contributed by atoms with E-state index in [-0.39, 0.29) is 10.0 Å². The Kier molecular flexibility index (Phi) is 5.22. The zero-order valence-electron chi connectivity index (χ0n) is 12.9. The van der Waals surface area contributed by atoms with E-state index in [2.05, 4.69) is 9.97 Å². The van der Waals surface area contributed by atoms with Gasteiger partial charge in [-0.15, -0.1) is 0 Å². The summed E-state index contributed by atoms with van der Waals surface area (Å²) in [4.78, 5) is 7.27. The molecule has 2 aromatic carbocycles. The molecule has 3 aromatic rings. The van der Waals surface area contributed by atoms with Gasteiger partial charge in [0.1, 0.15) is 22.5 Å². The van der Waals surface area contributed by atoms with Crippen LogP contribution in [0.2, 0.25) is 10.0 Å². The van der Waals surface area contributed by atoms with Crippen LogP contribution < -0.4 is 0 Å². The lowest BCUT2D eigenvalue weighted by molar-refractivity contribution is 0.626. The lowest BCUT2D eigenvalue weighted by Gasteiger charge is -2.17. The van der Waals surface area contributed by atoms with Crippen molar-refractivity contribution >= 4 is 34.0 Å². The molecule has 1 aromatic heterocycles. The van der Waals surface area contributed by atoms with Gasteiger partial charge in [-0.1, -0.05) is 35.3 Å². The van der Waals surface area contributed by atoms with Crippen molar-refractivity contribution in [3.05, 3.63) is 81.2 Å². The van der Waals surface area contributed by atoms with E-state index in [9.17, 15) is 13.0 Å². The second-order valence-corrected chi connectivity index (χ2v) is 7.53. The fourth-order valence-electron chi connectivity index (χ4n) is 2.50. The Labute approximate surface area is 155 Å². The van der Waals surface area contributed by atoms with E-state index in [4.69, 9.17) is 23.2 Å². The van der Waals surface area contributed by atoms with Gasteiger partial charge in [-0.3, -0.25) is 4.21 Å². The maximum absolute atomic E-state index is 13.5. The highest BCUT2D eigenvalue weighted by Crippen LogP contribution is 2.34. The quantitative estimate of drug-likeness (QED) is 0.675. The van der Waals surface area contributed by atoms with Crippen LogP contribution in [0.4, 0.5) is 8.78 Å². The summed E-state index contributed by atoms with van der Waals surface area (Å²) in [6.07, 6.45) is 2.99. The molecule has 0 radical (unpaired) electrons. The summed E-state index contributed by atoms with van der Waals surface area (Å²) in [5, 5.41) is 0.365. The van der Waals surface area contributed by atoms with Crippen molar-refractivity contribution in [2.45, 2.75) is 10.9 Å². The van der Waals surface area contributed by atoms with Crippen LogP contribution in [0.25, 0.3) is 0 Å². The number of aromatic nitrogens is 2. The number of benzene rings is 2. The number of rotatable bonds is 4. The number of nitrogens with zero attached hydrogens (tertiary/aromatic N) is 1. The molecule has 0 bridgehead atoms. The number of hydrogen-bond acceptors (Lipinski definition) is 2. The molecule has 1 unspecified atom stereocenters. The largest absolute Gasteiger partial charge is 0.334 e. The highest BCUT2D eigenvalue weighted by Gasteiger charge is 2.22. The van der Waals surface area contributed by atoms with Crippen LogP contribution >= 0.6 is 23.2 Å². The molecule has 0 amide bonds. The third-order valence-electron chi connectivity index (χ3n) is 3.71. The molecule has 3 nitrogen and oxygen atoms in total. The first-order valence-corrected chi connectivity index (χ1v) is 9.46. The smallest absolute Gasteiger partial charge is 0.141 e. The van der Waals surface area contributed by atoms with E-state index in [0.717, 1.165) is 0 Å². The van der Waals surface area contributed by atoms with Crippen LogP contribution in [0.3, 0.4) is 0 Å². The number of hydrogen-bond donors (Lipinski definition) is 1. The van der Waals surface area contributed by atoms with Crippen LogP contribution in [0.15, 0.2) is 47.6 Å². The molecule has 0 spiro atoms. The molecule has 1 atom stereocenters. The van der Waals surface area contributed by atoms with Crippen molar-refractivity contribution in [3.8, 4) is 0 Å². The van der Waals surface area contributed by atoms with Crippen LogP contribution in [-0.2, 0) is 10.8 Å². The van der Waals surface area contributed by atoms with Gasteiger partial charge in [-0.25, -0.2) is 13.8 Å². The molecule has 130 valence electrons. The van der Waals surface area contributed by atoms with E-state index < -0.39 is 28.4 Å². The van der Waals surface area contributed by atoms with E-state index in [1.807, 2.05) is 0 Å². The normalized spacial score (nSPS) is 12.6. The average molecular weight is 401 g/mol. The molecule has 0 aliphatic rings. The Morgan fingerprint density at radius 1 is 1.04 bits per heavy atom. The van der Waals surface area contributed by atoms with Crippen molar-refractivity contribution in [1.29, 1.82) is 0 Å². The molecule has 0 aliphatic heterocycles. The summed E-state index contributed by atoms with van der Waals surface area (Å²) in [6.45, 7) is 0. The Balaban J connectivity index is 2.17. The van der Waals surface area contributed by atoms with Gasteiger partial charge in [0.2, 0.25) is 0 Å². The molecule has 25 heavy (non-hydrogen) atoms. The highest BCUT2D eigenvalue weighted by atomic mass is 35.5. The van der Waals surface area contributed by atoms with E-state index >= 15 is 0 Å². The average Bonchev–Trinajstić information content (AvgIpc) is 3.04. The van der Waals surface area contributed by atoms with Gasteiger partial charge in [0.25, 0.3) is 0 Å². The van der Waals surface area contributed by atoms with Gasteiger partial charge < -0.3 is 4.98 Å². The molecule has 0 saturated heterocycles. The molecule has 1 heterocycles. The summed E-state index contributed by atoms with van der Waals surface area (Å²) < 4.78 is 38.7. The maximum Gasteiger partial charge on any atom is 0.141 e. The van der Waals surface area contributed by atoms with Crippen molar-refractivity contribution in [2.75, 3.05) is 6.26 Å². The minimum atomic E-state index is -1.24. The zero-order valence-corrected chi connectivity index (χ0v) is 15.2. The second-order valence-electron chi connectivity index (χ2n) is 5.37. The van der Waals surface area contributed by atoms with Gasteiger partial charge in [0, 0.05) is 6.26 Å². The van der Waals surface area contributed by atoms with Crippen molar-refractivity contribution in [2.24, 2.45) is 0 Å². The minimum Gasteiger partial charge on any atom is -0.334 e. The molecule has 8 heteroatoms. The molecule has 0 saturated carbocycles. The van der Waals surface area contributed by atoms with Crippen molar-refractivity contribution in [1.82, 2.24) is 9.97 Å². The minimum absolute atomic E-state index is 0.0402. The van der Waals surface area contributed by atoms with E-state index in [1.165, 1.54) is 36.7 Å². The molecular weight excluding hydrogens is 389 g/mol. The lowest BCUT2D eigenvalue weighted by Crippen LogP contribution is -2.06. The fourth-order valence-corrected chi connectivity index (χ4v) is 3.33. The number of halogens is 4. The molecule has 3 rings (SSSR count). The summed E-state index contributed by atoms with van der Waals surface area (Å²) in [5.74, 6) is -1.13. The van der Waals surface area contributed by atoms with Gasteiger partial charge >= 0.3 is 0 Å². The first kappa shape index (κ1) is 18.0. The number of aromatic amines is 1. The molecule has 0 aliphatic carbocycles. The van der Waals surface area contributed by atoms with Gasteiger partial charge in [-0.05, 0) is 35.4 Å². The van der Waals surface area contributed by atoms with Crippen molar-refractivity contribution < 1.29 is 13.0 Å². The number of H-pyrrole nitrogens is 1. The SMILES string of the molecule is CS(=O)c1cnc(C(c2ccc(F)c(Cl)c2)c2ccc(F)c(Cl)c2)[nH]1. The maximum atomic E-state index is 13.5. The highest BCUT2D eigenvalue weighted by molar-refractivity contribution is 7.84. The van der Waals surface area contributed by atoms with E-state index in [0.29, 0.717) is 22.0 Å². The third-order valence-corrected chi connectivity index (χ3v) is 5.12. The van der Waals surface area contributed by atoms with Gasteiger partial charge in [-0.2, -0.15) is 0 Å². The first-order chi connectivity index (χ1) is 11.9. The Morgan fingerprint density at radius 3 is 1.96 bits per heavy atom. The fraction of sp³-hybridized carbons (Fsp3) is 0.118. The molecule has 1 N–H and O–H groups in total. The predicted octanol–water partition coefficient (Wildman–Crippen LogP) is 4.91. The predicted molar refractivity (Wildman–Crippen MR) is 94.7 cm³/mol. The van der Waals surface area contributed by atoms with E-state index in [1.54, 1.807) is 12.1 Å². The van der Waals surface area contributed by atoms with Gasteiger partial charge in [0.15, 0.2) is 0 Å². The standard InChI is InChI=1S/C17H12Cl2F2N2OS/c1-25(24)15-8-22-17(23-15)16(9-2-4-13(20)11(18)6-9)10-3-5-14(21)12(19)7-10/h2-8,16H,1H3,(H,22,23). The summed E-state index contributed by atoms with van der Waals surface area (Å²) in [7, 11) is -1.24. The Bertz CT molecular complexity index is 910. The Hall–Kier alpha value is -1.76. The first-order valence-electron chi connectivity index (χ1n) is 7.15. The molecule has 0 fully saturated rings. The van der Waals surface area contributed by atoms with Crippen LogP contribution in [0.1, 0.15) is 22.9 Å². The number of imidazole rings is 1. The number of nitrogens with one attached hydrogen (secondary N) is 1. The van der Waals surface area contributed by atoms with Crippen molar-refractivity contribution in [3.63, 3.8) is 0 Å². The lowest BCUT2D eigenvalue weighted by atomic mass is 9.90. The van der Waals surface area contributed by atoms with Crippen LogP contribution in [0.5, 0.6) is 0 Å². The third kappa shape index (κ3) is 3.76. The Morgan fingerprint density at radius 2 is 1.56 bits per heavy atom. The zero-order chi connectivity index (χ0) is 18.1. The summed E-state index contributed by atoms with van der Waals surface area (Å²) >= 11 is 11.8. The molecular formula is C17H12Cl2F2N2OS. The second kappa shape index (κ2) is 7.23. The van der Waals surface area contributed by atoms with Gasteiger partial charge in [0.05, 0.1) is 33.0 Å². The summed E-state index contributed by atoms with van der Waals surface area (Å²) in [6, 6.07) is 8.57. The van der Waals surface area contributed by atoms with Crippen LogP contribution in [0, 0.1) is 11.6 Å². The monoisotopic (exact) mass is 400 g/mol.